The van der Waals surface area contributed by atoms with E-state index in [9.17, 15) is 31.2 Å². The van der Waals surface area contributed by atoms with Crippen LogP contribution in [0.1, 0.15) is 32.6 Å². The van der Waals surface area contributed by atoms with Gasteiger partial charge in [0.1, 0.15) is 6.61 Å². The molecule has 0 saturated heterocycles. The number of halogens is 3. The number of rotatable bonds is 9. The van der Waals surface area contributed by atoms with Crippen LogP contribution in [0.25, 0.3) is 0 Å². The Morgan fingerprint density at radius 1 is 1.07 bits per heavy atom. The lowest BCUT2D eigenvalue weighted by Gasteiger charge is -2.28. The fraction of sp³-hybridized carbons (Fsp3) is 0.867. The molecule has 0 heterocycles. The third-order valence-electron chi connectivity index (χ3n) is 4.38. The maximum atomic E-state index is 13.2. The van der Waals surface area contributed by atoms with E-state index in [4.69, 9.17) is 9.29 Å². The normalized spacial score (nSPS) is 21.5. The number of hydrogen-bond acceptors (Lipinski definition) is 6. The van der Waals surface area contributed by atoms with E-state index in [-0.39, 0.29) is 25.0 Å². The summed E-state index contributed by atoms with van der Waals surface area (Å²) in [6.45, 7) is 1.14. The van der Waals surface area contributed by atoms with Gasteiger partial charge in [-0.1, -0.05) is 0 Å². The molecule has 0 radical (unpaired) electrons. The number of alkyl carbamates (subject to hydrolysis) is 2. The van der Waals surface area contributed by atoms with Gasteiger partial charge in [0.15, 0.2) is 0 Å². The second-order valence-electron chi connectivity index (χ2n) is 6.47. The zero-order valence-corrected chi connectivity index (χ0v) is 16.1. The number of carbonyl (C=O) groups excluding carboxylic acids is 2. The predicted octanol–water partition coefficient (Wildman–Crippen LogP) is 2.08. The van der Waals surface area contributed by atoms with Gasteiger partial charge >= 0.3 is 27.6 Å². The van der Waals surface area contributed by atoms with Crippen LogP contribution in [0.15, 0.2) is 0 Å². The van der Waals surface area contributed by atoms with E-state index in [0.29, 0.717) is 6.54 Å². The smallest absolute Gasteiger partial charge is 0.407 e. The number of amides is 2. The molecule has 0 bridgehead atoms. The van der Waals surface area contributed by atoms with Gasteiger partial charge in [0.25, 0.3) is 0 Å². The Morgan fingerprint density at radius 2 is 1.50 bits per heavy atom. The highest BCUT2D eigenvalue weighted by Crippen LogP contribution is 2.29. The van der Waals surface area contributed by atoms with E-state index in [0.717, 1.165) is 25.7 Å². The van der Waals surface area contributed by atoms with Crippen molar-refractivity contribution < 1.29 is 45.2 Å². The molecule has 0 aromatic carbocycles. The first-order chi connectivity index (χ1) is 13.0. The Morgan fingerprint density at radius 3 is 1.89 bits per heavy atom. The summed E-state index contributed by atoms with van der Waals surface area (Å²) < 4.78 is 77.3. The lowest BCUT2D eigenvalue weighted by molar-refractivity contribution is -0.0304. The summed E-state index contributed by atoms with van der Waals surface area (Å²) in [5.41, 5.74) is 0. The van der Waals surface area contributed by atoms with Crippen LogP contribution in [0.3, 0.4) is 0 Å². The second kappa shape index (κ2) is 10.7. The van der Waals surface area contributed by atoms with E-state index >= 15 is 0 Å². The zero-order chi connectivity index (χ0) is 21.4. The fourth-order valence-electron chi connectivity index (χ4n) is 2.74. The van der Waals surface area contributed by atoms with Gasteiger partial charge in [0, 0.05) is 13.1 Å². The van der Waals surface area contributed by atoms with Crippen molar-refractivity contribution in [3.05, 3.63) is 0 Å². The van der Waals surface area contributed by atoms with Crippen molar-refractivity contribution in [3.63, 3.8) is 0 Å². The highest BCUT2D eigenvalue weighted by atomic mass is 32.2. The number of ether oxygens (including phenoxy) is 2. The van der Waals surface area contributed by atoms with Crippen molar-refractivity contribution in [1.29, 1.82) is 0 Å². The Kier molecular flexibility index (Phi) is 9.27. The average Bonchev–Trinajstić information content (AvgIpc) is 2.62. The highest BCUT2D eigenvalue weighted by molar-refractivity contribution is 7.86. The quantitative estimate of drug-likeness (QED) is 0.474. The summed E-state index contributed by atoms with van der Waals surface area (Å²) in [6, 6.07) is 0. The molecule has 1 aliphatic carbocycles. The van der Waals surface area contributed by atoms with Gasteiger partial charge in [-0.2, -0.15) is 17.2 Å². The minimum absolute atomic E-state index is 0.104. The van der Waals surface area contributed by atoms with Crippen molar-refractivity contribution >= 4 is 22.3 Å². The largest absolute Gasteiger partial charge is 0.450 e. The molecule has 164 valence electrons. The summed E-state index contributed by atoms with van der Waals surface area (Å²) in [5, 5.41) is -0.101. The first kappa shape index (κ1) is 24.3. The molecule has 9 nitrogen and oxygen atoms in total. The number of nitrogens with one attached hydrogen (secondary N) is 2. The minimum atomic E-state index is -5.95. The maximum Gasteiger partial charge on any atom is 0.407 e. The SMILES string of the molecule is CCOC(=O)NCC1CCC(CNC(=O)OCC(F)C(F)(F)S(=O)(=O)O)CC1. The summed E-state index contributed by atoms with van der Waals surface area (Å²) in [6.07, 6.45) is -1.92. The van der Waals surface area contributed by atoms with E-state index in [2.05, 4.69) is 15.4 Å². The molecule has 0 aliphatic heterocycles. The first-order valence-corrected chi connectivity index (χ1v) is 10.2. The van der Waals surface area contributed by atoms with Crippen molar-refractivity contribution in [2.75, 3.05) is 26.3 Å². The standard InChI is InChI=1S/C15H25F3N2O7S/c1-2-26-13(21)19-7-10-3-5-11(6-4-10)8-20-14(22)27-9-12(16)15(17,18)28(23,24)25/h10-12H,2-9H2,1H3,(H,19,21)(H,20,22)(H,23,24,25). The number of alkyl halides is 3. The monoisotopic (exact) mass is 434 g/mol. The molecule has 0 aromatic heterocycles. The fourth-order valence-corrected chi connectivity index (χ4v) is 3.13. The van der Waals surface area contributed by atoms with Crippen LogP contribution in [0, 0.1) is 11.8 Å². The van der Waals surface area contributed by atoms with Crippen LogP contribution in [0.5, 0.6) is 0 Å². The summed E-state index contributed by atoms with van der Waals surface area (Å²) in [4.78, 5) is 22.7. The summed E-state index contributed by atoms with van der Waals surface area (Å²) in [7, 11) is -5.95. The third-order valence-corrected chi connectivity index (χ3v) is 5.32. The minimum Gasteiger partial charge on any atom is -0.450 e. The Balaban J connectivity index is 2.24. The van der Waals surface area contributed by atoms with Crippen LogP contribution < -0.4 is 10.6 Å². The lowest BCUT2D eigenvalue weighted by atomic mass is 9.82. The van der Waals surface area contributed by atoms with Crippen LogP contribution in [0.2, 0.25) is 0 Å². The van der Waals surface area contributed by atoms with Gasteiger partial charge < -0.3 is 20.1 Å². The van der Waals surface area contributed by atoms with Crippen molar-refractivity contribution in [3.8, 4) is 0 Å². The molecule has 2 amide bonds. The third kappa shape index (κ3) is 7.70. The van der Waals surface area contributed by atoms with Gasteiger partial charge in [0.2, 0.25) is 6.17 Å². The Bertz CT molecular complexity index is 625. The molecule has 1 aliphatic rings. The van der Waals surface area contributed by atoms with Crippen molar-refractivity contribution in [2.45, 2.75) is 44.0 Å². The van der Waals surface area contributed by atoms with Gasteiger partial charge in [-0.05, 0) is 44.4 Å². The molecule has 1 rings (SSSR count). The highest BCUT2D eigenvalue weighted by Gasteiger charge is 2.53. The van der Waals surface area contributed by atoms with E-state index < -0.39 is 40.3 Å². The van der Waals surface area contributed by atoms with Gasteiger partial charge in [-0.25, -0.2) is 14.0 Å². The molecule has 1 unspecified atom stereocenters. The molecule has 28 heavy (non-hydrogen) atoms. The van der Waals surface area contributed by atoms with Crippen LogP contribution >= 0.6 is 0 Å². The summed E-state index contributed by atoms with van der Waals surface area (Å²) in [5.74, 6) is 0.384. The molecule has 1 atom stereocenters. The molecule has 1 saturated carbocycles. The topological polar surface area (TPSA) is 131 Å². The van der Waals surface area contributed by atoms with Gasteiger partial charge in [0.05, 0.1) is 6.61 Å². The van der Waals surface area contributed by atoms with E-state index in [1.54, 1.807) is 6.92 Å². The predicted molar refractivity (Wildman–Crippen MR) is 91.2 cm³/mol. The molecule has 13 heteroatoms. The first-order valence-electron chi connectivity index (χ1n) is 8.77. The van der Waals surface area contributed by atoms with Crippen LogP contribution in [-0.4, -0.2) is 62.9 Å². The van der Waals surface area contributed by atoms with Crippen LogP contribution in [-0.2, 0) is 19.6 Å². The maximum absolute atomic E-state index is 13.2. The van der Waals surface area contributed by atoms with E-state index in [1.165, 1.54) is 0 Å². The number of carbonyl (C=O) groups is 2. The molecular weight excluding hydrogens is 409 g/mol. The Hall–Kier alpha value is -1.76. The van der Waals surface area contributed by atoms with Crippen LogP contribution in [0.4, 0.5) is 22.8 Å². The Labute approximate surface area is 161 Å². The summed E-state index contributed by atoms with van der Waals surface area (Å²) >= 11 is 0. The van der Waals surface area contributed by atoms with Gasteiger partial charge in [-0.3, -0.25) is 4.55 Å². The zero-order valence-electron chi connectivity index (χ0n) is 15.3. The molecule has 3 N–H and O–H groups in total. The number of hydrogen-bond donors (Lipinski definition) is 3. The lowest BCUT2D eigenvalue weighted by Crippen LogP contribution is -2.42. The molecule has 0 spiro atoms. The molecular formula is C15H25F3N2O7S. The van der Waals surface area contributed by atoms with E-state index in [1.807, 2.05) is 0 Å². The molecule has 1 fully saturated rings. The second-order valence-corrected chi connectivity index (χ2v) is 7.97. The average molecular weight is 434 g/mol. The molecule has 0 aromatic rings. The van der Waals surface area contributed by atoms with Gasteiger partial charge in [-0.15, -0.1) is 0 Å². The van der Waals surface area contributed by atoms with Crippen molar-refractivity contribution in [2.24, 2.45) is 11.8 Å². The van der Waals surface area contributed by atoms with Crippen molar-refractivity contribution in [1.82, 2.24) is 10.6 Å².